The van der Waals surface area contributed by atoms with Crippen LogP contribution in [0.25, 0.3) is 0 Å². The van der Waals surface area contributed by atoms with E-state index in [-0.39, 0.29) is 12.2 Å². The molecule has 1 amide bonds. The van der Waals surface area contributed by atoms with Crippen LogP contribution in [-0.4, -0.2) is 40.4 Å². The molecule has 0 aromatic heterocycles. The van der Waals surface area contributed by atoms with E-state index < -0.39 is 11.6 Å². The lowest BCUT2D eigenvalue weighted by Gasteiger charge is -2.51. The zero-order chi connectivity index (χ0) is 11.8. The summed E-state index contributed by atoms with van der Waals surface area (Å²) in [6.45, 7) is 4.13. The molecule has 2 fully saturated rings. The van der Waals surface area contributed by atoms with Crippen LogP contribution in [-0.2, 0) is 4.74 Å². The largest absolute Gasteiger partial charge is 0.446 e. The van der Waals surface area contributed by atoms with Crippen molar-refractivity contribution in [1.29, 1.82) is 0 Å². The molecule has 1 aliphatic heterocycles. The summed E-state index contributed by atoms with van der Waals surface area (Å²) >= 11 is 0. The number of aliphatic hydroxyl groups is 1. The summed E-state index contributed by atoms with van der Waals surface area (Å²) in [5.74, 6) is 0. The molecule has 2 rings (SSSR count). The summed E-state index contributed by atoms with van der Waals surface area (Å²) in [4.78, 5) is 13.5. The number of hydrogen-bond acceptors (Lipinski definition) is 3. The Morgan fingerprint density at radius 3 is 2.44 bits per heavy atom. The van der Waals surface area contributed by atoms with Gasteiger partial charge >= 0.3 is 6.09 Å². The molecule has 16 heavy (non-hydrogen) atoms. The molecule has 0 aromatic carbocycles. The first-order valence-corrected chi connectivity index (χ1v) is 6.18. The molecular weight excluding hydrogens is 206 g/mol. The predicted molar refractivity (Wildman–Crippen MR) is 60.1 cm³/mol. The van der Waals surface area contributed by atoms with Gasteiger partial charge in [-0.2, -0.15) is 0 Å². The Bertz CT molecular complexity index is 271. The highest BCUT2D eigenvalue weighted by Gasteiger charge is 2.49. The fourth-order valence-corrected chi connectivity index (χ4v) is 2.40. The van der Waals surface area contributed by atoms with Gasteiger partial charge in [-0.15, -0.1) is 0 Å². The number of aliphatic hydroxyl groups excluding tert-OH is 1. The van der Waals surface area contributed by atoms with E-state index in [1.807, 2.05) is 13.8 Å². The van der Waals surface area contributed by atoms with Crippen LogP contribution in [0.15, 0.2) is 0 Å². The van der Waals surface area contributed by atoms with E-state index in [0.29, 0.717) is 6.54 Å². The zero-order valence-electron chi connectivity index (χ0n) is 10.1. The molecule has 4 heteroatoms. The number of ether oxygens (including phenoxy) is 1. The van der Waals surface area contributed by atoms with Crippen molar-refractivity contribution in [3.05, 3.63) is 0 Å². The molecule has 1 heterocycles. The molecule has 1 atom stereocenters. The molecule has 1 aliphatic carbocycles. The normalized spacial score (nSPS) is 29.7. The smallest absolute Gasteiger partial charge is 0.410 e. The van der Waals surface area contributed by atoms with Gasteiger partial charge in [-0.3, -0.25) is 4.90 Å². The number of β-amino-alcohol motifs (C(OH)–C–C–N with tert-alkyl or cyclic N) is 1. The van der Waals surface area contributed by atoms with Crippen molar-refractivity contribution >= 4 is 6.09 Å². The molecule has 4 nitrogen and oxygen atoms in total. The highest BCUT2D eigenvalue weighted by atomic mass is 16.6. The zero-order valence-corrected chi connectivity index (χ0v) is 10.1. The highest BCUT2D eigenvalue weighted by Crippen LogP contribution is 2.31. The summed E-state index contributed by atoms with van der Waals surface area (Å²) < 4.78 is 5.46. The van der Waals surface area contributed by atoms with Crippen LogP contribution in [0, 0.1) is 0 Å². The fraction of sp³-hybridized carbons (Fsp3) is 0.917. The molecule has 0 bridgehead atoms. The molecule has 0 aromatic rings. The number of nitrogens with zero attached hydrogens (tertiary/aromatic N) is 1. The predicted octanol–water partition coefficient (Wildman–Crippen LogP) is 1.91. The van der Waals surface area contributed by atoms with Crippen molar-refractivity contribution in [3.63, 3.8) is 0 Å². The van der Waals surface area contributed by atoms with Gasteiger partial charge < -0.3 is 9.84 Å². The third kappa shape index (κ3) is 2.03. The van der Waals surface area contributed by atoms with E-state index in [4.69, 9.17) is 4.74 Å². The average Bonchev–Trinajstić information content (AvgIpc) is 2.27. The standard InChI is InChI=1S/C12H21NO3/c1-12(2)10(14)8-13(12)11(15)16-9-6-4-3-5-7-9/h9-10,14H,3-8H2,1-2H3. The van der Waals surface area contributed by atoms with Crippen molar-refractivity contribution in [2.45, 2.75) is 63.7 Å². The number of likely N-dealkylation sites (tertiary alicyclic amines) is 1. The Morgan fingerprint density at radius 1 is 1.31 bits per heavy atom. The first kappa shape index (κ1) is 11.7. The van der Waals surface area contributed by atoms with Crippen LogP contribution in [0.5, 0.6) is 0 Å². The minimum absolute atomic E-state index is 0.0924. The third-order valence-electron chi connectivity index (χ3n) is 3.91. The first-order chi connectivity index (χ1) is 7.51. The van der Waals surface area contributed by atoms with Crippen molar-refractivity contribution in [2.24, 2.45) is 0 Å². The lowest BCUT2D eigenvalue weighted by Crippen LogP contribution is -2.69. The monoisotopic (exact) mass is 227 g/mol. The summed E-state index contributed by atoms with van der Waals surface area (Å²) in [5.41, 5.74) is -0.467. The Balaban J connectivity index is 1.84. The highest BCUT2D eigenvalue weighted by molar-refractivity contribution is 5.70. The Kier molecular flexibility index (Phi) is 3.10. The van der Waals surface area contributed by atoms with E-state index in [1.54, 1.807) is 4.90 Å². The van der Waals surface area contributed by atoms with E-state index >= 15 is 0 Å². The van der Waals surface area contributed by atoms with Gasteiger partial charge in [0.05, 0.1) is 18.2 Å². The molecule has 0 radical (unpaired) electrons. The maximum atomic E-state index is 11.8. The number of amides is 1. The van der Waals surface area contributed by atoms with Crippen molar-refractivity contribution < 1.29 is 14.6 Å². The maximum Gasteiger partial charge on any atom is 0.410 e. The van der Waals surface area contributed by atoms with Gasteiger partial charge in [0, 0.05) is 0 Å². The van der Waals surface area contributed by atoms with Crippen LogP contribution in [0.1, 0.15) is 46.0 Å². The summed E-state index contributed by atoms with van der Waals surface area (Å²) in [6, 6.07) is 0. The lowest BCUT2D eigenvalue weighted by molar-refractivity contribution is -0.109. The minimum Gasteiger partial charge on any atom is -0.446 e. The number of hydrogen-bond donors (Lipinski definition) is 1. The van der Waals surface area contributed by atoms with Crippen LogP contribution in [0.3, 0.4) is 0 Å². The van der Waals surface area contributed by atoms with E-state index in [1.165, 1.54) is 6.42 Å². The molecule has 1 saturated heterocycles. The molecule has 1 saturated carbocycles. The van der Waals surface area contributed by atoms with Gasteiger partial charge in [0.15, 0.2) is 0 Å². The van der Waals surface area contributed by atoms with E-state index in [2.05, 4.69) is 0 Å². The molecule has 2 aliphatic rings. The Hall–Kier alpha value is -0.770. The Labute approximate surface area is 96.6 Å². The van der Waals surface area contributed by atoms with E-state index in [9.17, 15) is 9.90 Å². The van der Waals surface area contributed by atoms with E-state index in [0.717, 1.165) is 25.7 Å². The first-order valence-electron chi connectivity index (χ1n) is 6.18. The molecule has 0 spiro atoms. The summed E-state index contributed by atoms with van der Waals surface area (Å²) in [5, 5.41) is 9.55. The van der Waals surface area contributed by atoms with Crippen molar-refractivity contribution in [1.82, 2.24) is 4.90 Å². The van der Waals surface area contributed by atoms with Gasteiger partial charge in [0.1, 0.15) is 6.10 Å². The lowest BCUT2D eigenvalue weighted by atomic mass is 9.86. The van der Waals surface area contributed by atoms with Gasteiger partial charge in [0.2, 0.25) is 0 Å². The molecule has 1 N–H and O–H groups in total. The second-order valence-corrected chi connectivity index (χ2v) is 5.42. The van der Waals surface area contributed by atoms with Gasteiger partial charge in [-0.05, 0) is 39.5 Å². The van der Waals surface area contributed by atoms with Gasteiger partial charge in [-0.25, -0.2) is 4.79 Å². The minimum atomic E-state index is -0.467. The third-order valence-corrected chi connectivity index (χ3v) is 3.91. The van der Waals surface area contributed by atoms with Crippen LogP contribution < -0.4 is 0 Å². The number of carbonyl (C=O) groups is 1. The van der Waals surface area contributed by atoms with Crippen LogP contribution >= 0.6 is 0 Å². The van der Waals surface area contributed by atoms with Gasteiger partial charge in [0.25, 0.3) is 0 Å². The SMILES string of the molecule is CC1(C)C(O)CN1C(=O)OC1CCCCC1. The van der Waals surface area contributed by atoms with Crippen LogP contribution in [0.2, 0.25) is 0 Å². The maximum absolute atomic E-state index is 11.8. The van der Waals surface area contributed by atoms with Gasteiger partial charge in [-0.1, -0.05) is 6.42 Å². The molecular formula is C12H21NO3. The second-order valence-electron chi connectivity index (χ2n) is 5.42. The van der Waals surface area contributed by atoms with Crippen LogP contribution in [0.4, 0.5) is 4.79 Å². The summed E-state index contributed by atoms with van der Waals surface area (Å²) in [6.07, 6.45) is 4.95. The average molecular weight is 227 g/mol. The number of rotatable bonds is 1. The Morgan fingerprint density at radius 2 is 1.94 bits per heavy atom. The summed E-state index contributed by atoms with van der Waals surface area (Å²) in [7, 11) is 0. The second kappa shape index (κ2) is 4.24. The van der Waals surface area contributed by atoms with Crippen molar-refractivity contribution in [2.75, 3.05) is 6.54 Å². The fourth-order valence-electron chi connectivity index (χ4n) is 2.40. The topological polar surface area (TPSA) is 49.8 Å². The number of carbonyl (C=O) groups excluding carboxylic acids is 1. The quantitative estimate of drug-likeness (QED) is 0.744. The molecule has 1 unspecified atom stereocenters. The van der Waals surface area contributed by atoms with Crippen molar-refractivity contribution in [3.8, 4) is 0 Å². The molecule has 92 valence electrons.